The van der Waals surface area contributed by atoms with Crippen LogP contribution in [0.3, 0.4) is 0 Å². The Morgan fingerprint density at radius 3 is 2.46 bits per heavy atom. The molecule has 3 atom stereocenters. The van der Waals surface area contributed by atoms with E-state index in [1.807, 2.05) is 44.2 Å². The van der Waals surface area contributed by atoms with Gasteiger partial charge < -0.3 is 10.0 Å². The Hall–Kier alpha value is -2.77. The first-order chi connectivity index (χ1) is 13.5. The topological polar surface area (TPSA) is 101 Å². The third-order valence-corrected chi connectivity index (χ3v) is 5.82. The minimum Gasteiger partial charge on any atom is -0.481 e. The zero-order chi connectivity index (χ0) is 19.8. The number of carboxylic acid groups (broad SMARTS) is 1. The summed E-state index contributed by atoms with van der Waals surface area (Å²) in [6.45, 7) is 4.65. The Morgan fingerprint density at radius 1 is 1.14 bits per heavy atom. The molecule has 1 aromatic carbocycles. The van der Waals surface area contributed by atoms with E-state index < -0.39 is 17.9 Å². The molecule has 4 rings (SSSR count). The lowest BCUT2D eigenvalue weighted by Crippen LogP contribution is -2.39. The molecule has 1 saturated heterocycles. The molecular formula is C20H25N5O3. The summed E-state index contributed by atoms with van der Waals surface area (Å²) in [6, 6.07) is 8.90. The SMILES string of the molecule is CC(C)C(C(=O)N1C[C@H](C(=O)O)[C@@H](C2CC2)C1)n1nnc(-c2ccccc2)n1. The van der Waals surface area contributed by atoms with Crippen molar-refractivity contribution in [3.8, 4) is 11.4 Å². The number of aliphatic carboxylic acids is 1. The van der Waals surface area contributed by atoms with Gasteiger partial charge in [-0.05, 0) is 35.8 Å². The first-order valence-corrected chi connectivity index (χ1v) is 9.82. The Balaban J connectivity index is 1.56. The zero-order valence-electron chi connectivity index (χ0n) is 16.1. The largest absolute Gasteiger partial charge is 0.481 e. The number of amides is 1. The van der Waals surface area contributed by atoms with Gasteiger partial charge in [-0.1, -0.05) is 44.2 Å². The third kappa shape index (κ3) is 3.50. The van der Waals surface area contributed by atoms with Gasteiger partial charge in [0.15, 0.2) is 6.04 Å². The van der Waals surface area contributed by atoms with Gasteiger partial charge in [0.25, 0.3) is 0 Å². The summed E-state index contributed by atoms with van der Waals surface area (Å²) in [7, 11) is 0. The quantitative estimate of drug-likeness (QED) is 0.820. The van der Waals surface area contributed by atoms with E-state index in [0.717, 1.165) is 18.4 Å². The Kier molecular flexibility index (Phi) is 4.87. The maximum Gasteiger partial charge on any atom is 0.308 e. The van der Waals surface area contributed by atoms with Gasteiger partial charge in [0, 0.05) is 18.7 Å². The Morgan fingerprint density at radius 2 is 1.86 bits per heavy atom. The second-order valence-corrected chi connectivity index (χ2v) is 8.18. The van der Waals surface area contributed by atoms with Gasteiger partial charge in [0.05, 0.1) is 5.92 Å². The minimum atomic E-state index is -0.807. The van der Waals surface area contributed by atoms with Crippen LogP contribution in [0.5, 0.6) is 0 Å². The number of likely N-dealkylation sites (tertiary alicyclic amines) is 1. The Labute approximate surface area is 163 Å². The van der Waals surface area contributed by atoms with E-state index in [9.17, 15) is 14.7 Å². The summed E-state index contributed by atoms with van der Waals surface area (Å²) in [5, 5.41) is 22.3. The van der Waals surface area contributed by atoms with Crippen molar-refractivity contribution in [1.29, 1.82) is 0 Å². The molecule has 8 heteroatoms. The lowest BCUT2D eigenvalue weighted by molar-refractivity contribution is -0.143. The van der Waals surface area contributed by atoms with Crippen LogP contribution >= 0.6 is 0 Å². The molecule has 1 aliphatic heterocycles. The number of tetrazole rings is 1. The van der Waals surface area contributed by atoms with Crippen molar-refractivity contribution < 1.29 is 14.7 Å². The Bertz CT molecular complexity index is 862. The summed E-state index contributed by atoms with van der Waals surface area (Å²) in [5.41, 5.74) is 0.838. The van der Waals surface area contributed by atoms with Crippen molar-refractivity contribution in [1.82, 2.24) is 25.1 Å². The predicted molar refractivity (Wildman–Crippen MR) is 101 cm³/mol. The molecule has 1 saturated carbocycles. The van der Waals surface area contributed by atoms with Crippen LogP contribution in [0.4, 0.5) is 0 Å². The maximum absolute atomic E-state index is 13.3. The number of rotatable bonds is 6. The predicted octanol–water partition coefficient (Wildman–Crippen LogP) is 2.11. The highest BCUT2D eigenvalue weighted by Crippen LogP contribution is 2.44. The number of carboxylic acids is 1. The van der Waals surface area contributed by atoms with Gasteiger partial charge in [-0.3, -0.25) is 9.59 Å². The number of hydrogen-bond donors (Lipinski definition) is 1. The number of hydrogen-bond acceptors (Lipinski definition) is 5. The smallest absolute Gasteiger partial charge is 0.308 e. The van der Waals surface area contributed by atoms with Crippen LogP contribution in [0.2, 0.25) is 0 Å². The molecule has 8 nitrogen and oxygen atoms in total. The van der Waals surface area contributed by atoms with Crippen molar-refractivity contribution in [2.75, 3.05) is 13.1 Å². The van der Waals surface area contributed by atoms with E-state index in [1.165, 1.54) is 4.80 Å². The molecule has 1 unspecified atom stereocenters. The number of aromatic nitrogens is 4. The van der Waals surface area contributed by atoms with Gasteiger partial charge in [-0.15, -0.1) is 10.2 Å². The first-order valence-electron chi connectivity index (χ1n) is 9.82. The van der Waals surface area contributed by atoms with Crippen LogP contribution in [-0.2, 0) is 9.59 Å². The normalized spacial score (nSPS) is 23.2. The molecule has 2 fully saturated rings. The van der Waals surface area contributed by atoms with Crippen molar-refractivity contribution in [3.05, 3.63) is 30.3 Å². The summed E-state index contributed by atoms with van der Waals surface area (Å²) < 4.78 is 0. The molecule has 1 aromatic heterocycles. The average Bonchev–Trinajstić information content (AvgIpc) is 3.23. The number of benzene rings is 1. The maximum atomic E-state index is 13.3. The number of carbonyl (C=O) groups excluding carboxylic acids is 1. The molecule has 148 valence electrons. The summed E-state index contributed by atoms with van der Waals surface area (Å²) in [5.74, 6) is -0.496. The second-order valence-electron chi connectivity index (χ2n) is 8.18. The highest BCUT2D eigenvalue weighted by Gasteiger charge is 2.48. The van der Waals surface area contributed by atoms with E-state index in [-0.39, 0.29) is 24.3 Å². The molecule has 0 bridgehead atoms. The standard InChI is InChI=1S/C20H25N5O3/c1-12(2)17(25-22-18(21-23-25)14-6-4-3-5-7-14)19(26)24-10-15(13-8-9-13)16(11-24)20(27)28/h3-7,12-13,15-17H,8-11H2,1-2H3,(H,27,28)/t15-,16+,17?/m1/s1. The fourth-order valence-electron chi connectivity index (χ4n) is 4.16. The fourth-order valence-corrected chi connectivity index (χ4v) is 4.16. The van der Waals surface area contributed by atoms with Crippen LogP contribution in [0.25, 0.3) is 11.4 Å². The molecule has 1 N–H and O–H groups in total. The zero-order valence-corrected chi connectivity index (χ0v) is 16.1. The molecule has 2 heterocycles. The fraction of sp³-hybridized carbons (Fsp3) is 0.550. The van der Waals surface area contributed by atoms with Crippen LogP contribution in [0.1, 0.15) is 32.7 Å². The molecule has 1 aliphatic carbocycles. The molecule has 0 radical (unpaired) electrons. The van der Waals surface area contributed by atoms with Crippen molar-refractivity contribution in [3.63, 3.8) is 0 Å². The van der Waals surface area contributed by atoms with Gasteiger partial charge in [0.1, 0.15) is 0 Å². The van der Waals surface area contributed by atoms with E-state index in [1.54, 1.807) is 4.90 Å². The molecular weight excluding hydrogens is 358 g/mol. The highest BCUT2D eigenvalue weighted by atomic mass is 16.4. The number of nitrogens with zero attached hydrogens (tertiary/aromatic N) is 5. The third-order valence-electron chi connectivity index (χ3n) is 5.82. The highest BCUT2D eigenvalue weighted by molar-refractivity contribution is 5.82. The minimum absolute atomic E-state index is 0.0476. The summed E-state index contributed by atoms with van der Waals surface area (Å²) in [6.07, 6.45) is 2.13. The van der Waals surface area contributed by atoms with Crippen LogP contribution in [0.15, 0.2) is 30.3 Å². The molecule has 0 spiro atoms. The van der Waals surface area contributed by atoms with Crippen molar-refractivity contribution >= 4 is 11.9 Å². The van der Waals surface area contributed by atoms with Crippen LogP contribution < -0.4 is 0 Å². The van der Waals surface area contributed by atoms with Crippen LogP contribution in [0, 0.1) is 23.7 Å². The molecule has 28 heavy (non-hydrogen) atoms. The molecule has 1 amide bonds. The lowest BCUT2D eigenvalue weighted by atomic mass is 9.92. The molecule has 2 aliphatic rings. The van der Waals surface area contributed by atoms with Crippen molar-refractivity contribution in [2.45, 2.75) is 32.7 Å². The van der Waals surface area contributed by atoms with Crippen LogP contribution in [-0.4, -0.2) is 55.2 Å². The first kappa shape index (κ1) is 18.6. The van der Waals surface area contributed by atoms with E-state index in [2.05, 4.69) is 15.4 Å². The van der Waals surface area contributed by atoms with Gasteiger partial charge in [0.2, 0.25) is 11.7 Å². The lowest BCUT2D eigenvalue weighted by Gasteiger charge is -2.25. The summed E-state index contributed by atoms with van der Waals surface area (Å²) in [4.78, 5) is 28.0. The van der Waals surface area contributed by atoms with E-state index in [4.69, 9.17) is 0 Å². The summed E-state index contributed by atoms with van der Waals surface area (Å²) >= 11 is 0. The average molecular weight is 383 g/mol. The number of carbonyl (C=O) groups is 2. The molecule has 2 aromatic rings. The van der Waals surface area contributed by atoms with Crippen molar-refractivity contribution in [2.24, 2.45) is 23.7 Å². The van der Waals surface area contributed by atoms with Gasteiger partial charge in [-0.2, -0.15) is 4.80 Å². The van der Waals surface area contributed by atoms with Gasteiger partial charge in [-0.25, -0.2) is 0 Å². The second kappa shape index (κ2) is 7.33. The monoisotopic (exact) mass is 383 g/mol. The van der Waals surface area contributed by atoms with E-state index in [0.29, 0.717) is 18.3 Å². The van der Waals surface area contributed by atoms with E-state index >= 15 is 0 Å². The van der Waals surface area contributed by atoms with Gasteiger partial charge >= 0.3 is 5.97 Å².